The Morgan fingerprint density at radius 2 is 1.94 bits per heavy atom. The Kier molecular flexibility index (Phi) is 5.74. The molecular weight excluding hydrogens is 436 g/mol. The lowest BCUT2D eigenvalue weighted by Crippen LogP contribution is -2.12. The summed E-state index contributed by atoms with van der Waals surface area (Å²) in [4.78, 5) is 32.2. The number of methoxy groups -OCH3 is 1. The molecular formula is C21H16N4O4S2. The number of ether oxygens (including phenoxy) is 1. The first-order chi connectivity index (χ1) is 15.0. The van der Waals surface area contributed by atoms with E-state index in [1.54, 1.807) is 36.9 Å². The predicted octanol–water partition coefficient (Wildman–Crippen LogP) is 5.41. The van der Waals surface area contributed by atoms with Gasteiger partial charge in [-0.25, -0.2) is 9.97 Å². The molecule has 156 valence electrons. The molecule has 4 rings (SSSR count). The highest BCUT2D eigenvalue weighted by atomic mass is 32.1. The zero-order valence-corrected chi connectivity index (χ0v) is 18.1. The standard InChI is InChI=1S/C21H16N4O4S2/c1-12-7-8-13(9-17(12)25(27)28)15-10-31-21(23-15)24-19(26)16-11-30-20(22-16)14-5-3-4-6-18(14)29-2/h3-11H,1-2H3,(H,23,24,26). The fourth-order valence-electron chi connectivity index (χ4n) is 2.91. The second kappa shape index (κ2) is 8.62. The van der Waals surface area contributed by atoms with Crippen molar-refractivity contribution in [1.29, 1.82) is 0 Å². The van der Waals surface area contributed by atoms with Gasteiger partial charge in [0.15, 0.2) is 5.13 Å². The molecule has 0 atom stereocenters. The van der Waals surface area contributed by atoms with Crippen molar-refractivity contribution in [3.63, 3.8) is 0 Å². The predicted molar refractivity (Wildman–Crippen MR) is 121 cm³/mol. The second-order valence-corrected chi connectivity index (χ2v) is 8.20. The highest BCUT2D eigenvalue weighted by Gasteiger charge is 2.17. The van der Waals surface area contributed by atoms with Crippen LogP contribution in [0.3, 0.4) is 0 Å². The van der Waals surface area contributed by atoms with E-state index in [1.165, 1.54) is 28.7 Å². The molecule has 0 aliphatic heterocycles. The van der Waals surface area contributed by atoms with Crippen molar-refractivity contribution in [3.05, 3.63) is 74.6 Å². The maximum Gasteiger partial charge on any atom is 0.276 e. The third-order valence-corrected chi connectivity index (χ3v) is 6.13. The molecule has 1 N–H and O–H groups in total. The number of aryl methyl sites for hydroxylation is 1. The van der Waals surface area contributed by atoms with Crippen LogP contribution in [0.15, 0.2) is 53.2 Å². The van der Waals surface area contributed by atoms with Gasteiger partial charge in [-0.15, -0.1) is 22.7 Å². The van der Waals surface area contributed by atoms with Crippen LogP contribution in [0, 0.1) is 17.0 Å². The number of nitrogens with one attached hydrogen (secondary N) is 1. The third kappa shape index (κ3) is 4.30. The van der Waals surface area contributed by atoms with Crippen LogP contribution in [0.2, 0.25) is 0 Å². The number of carbonyl (C=O) groups is 1. The lowest BCUT2D eigenvalue weighted by Gasteiger charge is -2.04. The Hall–Kier alpha value is -3.63. The average Bonchev–Trinajstić information content (AvgIpc) is 3.44. The van der Waals surface area contributed by atoms with Gasteiger partial charge >= 0.3 is 0 Å². The Labute approximate surface area is 185 Å². The minimum absolute atomic E-state index is 0.0300. The molecule has 4 aromatic rings. The first-order valence-corrected chi connectivity index (χ1v) is 10.8. The van der Waals surface area contributed by atoms with E-state index in [9.17, 15) is 14.9 Å². The smallest absolute Gasteiger partial charge is 0.276 e. The zero-order chi connectivity index (χ0) is 22.0. The second-order valence-electron chi connectivity index (χ2n) is 6.49. The number of amides is 1. The first-order valence-electron chi connectivity index (χ1n) is 9.07. The van der Waals surface area contributed by atoms with Crippen molar-refractivity contribution in [1.82, 2.24) is 9.97 Å². The number of thiazole rings is 2. The van der Waals surface area contributed by atoms with Gasteiger partial charge in [0.25, 0.3) is 11.6 Å². The summed E-state index contributed by atoms with van der Waals surface area (Å²) in [5, 5.41) is 18.4. The van der Waals surface area contributed by atoms with Crippen LogP contribution in [0.1, 0.15) is 16.1 Å². The van der Waals surface area contributed by atoms with Gasteiger partial charge in [-0.3, -0.25) is 20.2 Å². The van der Waals surface area contributed by atoms with E-state index in [4.69, 9.17) is 4.74 Å². The van der Waals surface area contributed by atoms with Crippen LogP contribution in [0.5, 0.6) is 5.75 Å². The van der Waals surface area contributed by atoms with Crippen molar-refractivity contribution < 1.29 is 14.5 Å². The molecule has 0 unspecified atom stereocenters. The topological polar surface area (TPSA) is 107 Å². The van der Waals surface area contributed by atoms with E-state index in [-0.39, 0.29) is 17.3 Å². The molecule has 0 radical (unpaired) electrons. The quantitative estimate of drug-likeness (QED) is 0.310. The van der Waals surface area contributed by atoms with Crippen molar-refractivity contribution in [2.45, 2.75) is 6.92 Å². The minimum atomic E-state index is -0.421. The summed E-state index contributed by atoms with van der Waals surface area (Å²) < 4.78 is 5.36. The number of carbonyl (C=O) groups excluding carboxylic acids is 1. The van der Waals surface area contributed by atoms with E-state index >= 15 is 0 Å². The minimum Gasteiger partial charge on any atom is -0.496 e. The van der Waals surface area contributed by atoms with Gasteiger partial charge in [0.05, 0.1) is 23.3 Å². The van der Waals surface area contributed by atoms with E-state index in [1.807, 2.05) is 24.3 Å². The number of nitrogens with zero attached hydrogens (tertiary/aromatic N) is 3. The Balaban J connectivity index is 1.52. The van der Waals surface area contributed by atoms with Gasteiger partial charge in [-0.05, 0) is 19.1 Å². The summed E-state index contributed by atoms with van der Waals surface area (Å²) in [5.41, 5.74) is 2.85. The summed E-state index contributed by atoms with van der Waals surface area (Å²) in [6.07, 6.45) is 0. The molecule has 0 saturated heterocycles. The molecule has 31 heavy (non-hydrogen) atoms. The normalized spacial score (nSPS) is 10.6. The molecule has 0 saturated carbocycles. The number of hydrogen-bond acceptors (Lipinski definition) is 8. The van der Waals surface area contributed by atoms with Gasteiger partial charge in [0.1, 0.15) is 16.5 Å². The maximum atomic E-state index is 12.6. The fraction of sp³-hybridized carbons (Fsp3) is 0.0952. The highest BCUT2D eigenvalue weighted by Crippen LogP contribution is 2.33. The van der Waals surface area contributed by atoms with E-state index in [2.05, 4.69) is 15.3 Å². The van der Waals surface area contributed by atoms with Crippen LogP contribution in [-0.2, 0) is 0 Å². The number of nitro groups is 1. The van der Waals surface area contributed by atoms with Crippen LogP contribution >= 0.6 is 22.7 Å². The van der Waals surface area contributed by atoms with Gasteiger partial charge in [0.2, 0.25) is 0 Å². The van der Waals surface area contributed by atoms with E-state index in [0.29, 0.717) is 32.7 Å². The maximum absolute atomic E-state index is 12.6. The zero-order valence-electron chi connectivity index (χ0n) is 16.5. The number of rotatable bonds is 6. The average molecular weight is 453 g/mol. The molecule has 2 aromatic heterocycles. The number of hydrogen-bond donors (Lipinski definition) is 1. The summed E-state index contributed by atoms with van der Waals surface area (Å²) >= 11 is 2.58. The molecule has 2 aromatic carbocycles. The summed E-state index contributed by atoms with van der Waals surface area (Å²) in [7, 11) is 1.59. The lowest BCUT2D eigenvalue weighted by molar-refractivity contribution is -0.385. The summed E-state index contributed by atoms with van der Waals surface area (Å²) in [6, 6.07) is 12.4. The monoisotopic (exact) mass is 452 g/mol. The van der Waals surface area contributed by atoms with Crippen LogP contribution in [-0.4, -0.2) is 27.9 Å². The molecule has 2 heterocycles. The van der Waals surface area contributed by atoms with E-state index in [0.717, 1.165) is 5.56 Å². The first kappa shape index (κ1) is 20.6. The molecule has 1 amide bonds. The Morgan fingerprint density at radius 3 is 2.71 bits per heavy atom. The van der Waals surface area contributed by atoms with Crippen molar-refractivity contribution in [3.8, 4) is 27.6 Å². The molecule has 8 nitrogen and oxygen atoms in total. The number of para-hydroxylation sites is 1. The Morgan fingerprint density at radius 1 is 1.13 bits per heavy atom. The molecule has 0 fully saturated rings. The molecule has 0 aliphatic rings. The SMILES string of the molecule is COc1ccccc1-c1nc(C(=O)Nc2nc(-c3ccc(C)c([N+](=O)[O-])c3)cs2)cs1. The molecule has 0 bridgehead atoms. The van der Waals surface area contributed by atoms with Crippen LogP contribution < -0.4 is 10.1 Å². The molecule has 0 spiro atoms. The number of aromatic nitrogens is 2. The van der Waals surface area contributed by atoms with Crippen LogP contribution in [0.25, 0.3) is 21.8 Å². The molecule has 0 aliphatic carbocycles. The van der Waals surface area contributed by atoms with Crippen LogP contribution in [0.4, 0.5) is 10.8 Å². The third-order valence-electron chi connectivity index (χ3n) is 4.50. The van der Waals surface area contributed by atoms with Crippen molar-refractivity contribution >= 4 is 39.4 Å². The number of benzene rings is 2. The fourth-order valence-corrected chi connectivity index (χ4v) is 4.46. The summed E-state index contributed by atoms with van der Waals surface area (Å²) in [5.74, 6) is 0.300. The van der Waals surface area contributed by atoms with Gasteiger partial charge in [-0.1, -0.05) is 24.3 Å². The van der Waals surface area contributed by atoms with Gasteiger partial charge in [-0.2, -0.15) is 0 Å². The van der Waals surface area contributed by atoms with Gasteiger partial charge in [0, 0.05) is 28.0 Å². The number of nitro benzene ring substituents is 1. The van der Waals surface area contributed by atoms with Gasteiger partial charge < -0.3 is 4.74 Å². The molecule has 10 heteroatoms. The number of anilines is 1. The highest BCUT2D eigenvalue weighted by molar-refractivity contribution is 7.14. The van der Waals surface area contributed by atoms with Crippen molar-refractivity contribution in [2.24, 2.45) is 0 Å². The van der Waals surface area contributed by atoms with Crippen molar-refractivity contribution in [2.75, 3.05) is 12.4 Å². The summed E-state index contributed by atoms with van der Waals surface area (Å²) in [6.45, 7) is 1.68. The lowest BCUT2D eigenvalue weighted by atomic mass is 10.1. The Bertz CT molecular complexity index is 1280. The van der Waals surface area contributed by atoms with E-state index < -0.39 is 4.92 Å². The largest absolute Gasteiger partial charge is 0.496 e.